The van der Waals surface area contributed by atoms with Gasteiger partial charge in [0.1, 0.15) is 30.8 Å². The summed E-state index contributed by atoms with van der Waals surface area (Å²) in [5.74, 6) is 1.42. The van der Waals surface area contributed by atoms with Crippen LogP contribution in [0.15, 0.2) is 45.8 Å². The third-order valence-electron chi connectivity index (χ3n) is 4.53. The summed E-state index contributed by atoms with van der Waals surface area (Å²) >= 11 is 0. The first-order valence-electron chi connectivity index (χ1n) is 8.46. The highest BCUT2D eigenvalue weighted by atomic mass is 19.1. The molecule has 1 aliphatic heterocycles. The Labute approximate surface area is 147 Å². The molecule has 0 fully saturated rings. The van der Waals surface area contributed by atoms with Crippen LogP contribution in [0.4, 0.5) is 4.39 Å². The van der Waals surface area contributed by atoms with Gasteiger partial charge in [0.2, 0.25) is 0 Å². The molecule has 3 aromatic rings. The number of rotatable bonds is 4. The van der Waals surface area contributed by atoms with Gasteiger partial charge in [0.25, 0.3) is 0 Å². The van der Waals surface area contributed by atoms with Gasteiger partial charge < -0.3 is 9.73 Å². The number of fused-ring (bicyclic) bond motifs is 1. The Morgan fingerprint density at radius 3 is 2.92 bits per heavy atom. The second-order valence-corrected chi connectivity index (χ2v) is 6.38. The molecule has 0 aliphatic carbocycles. The number of amidine groups is 1. The number of hydrogen-bond donors (Lipinski definition) is 1. The van der Waals surface area contributed by atoms with E-state index in [1.807, 2.05) is 31.2 Å². The second-order valence-electron chi connectivity index (χ2n) is 6.38. The maximum absolute atomic E-state index is 14.5. The predicted octanol–water partition coefficient (Wildman–Crippen LogP) is 2.81. The molecular formula is C20H18BFN2O. The summed E-state index contributed by atoms with van der Waals surface area (Å²) in [5.41, 5.74) is 4.04. The fourth-order valence-corrected chi connectivity index (χ4v) is 3.44. The Kier molecular flexibility index (Phi) is 4.08. The first-order valence-corrected chi connectivity index (χ1v) is 8.46. The van der Waals surface area contributed by atoms with Gasteiger partial charge in [-0.25, -0.2) is 4.39 Å². The van der Waals surface area contributed by atoms with E-state index in [-0.39, 0.29) is 5.82 Å². The van der Waals surface area contributed by atoms with Crippen molar-refractivity contribution in [1.29, 1.82) is 0 Å². The monoisotopic (exact) mass is 332 g/mol. The summed E-state index contributed by atoms with van der Waals surface area (Å²) < 4.78 is 20.3. The molecule has 2 heterocycles. The molecule has 124 valence electrons. The molecule has 5 heteroatoms. The Hall–Kier alpha value is -2.56. The Bertz CT molecular complexity index is 977. The third kappa shape index (κ3) is 3.06. The van der Waals surface area contributed by atoms with Gasteiger partial charge in [0.15, 0.2) is 0 Å². The van der Waals surface area contributed by atoms with Crippen molar-refractivity contribution in [3.63, 3.8) is 0 Å². The maximum atomic E-state index is 14.5. The lowest BCUT2D eigenvalue weighted by atomic mass is 9.90. The lowest BCUT2D eigenvalue weighted by molar-refractivity contribution is 0.573. The van der Waals surface area contributed by atoms with Crippen LogP contribution in [0.1, 0.15) is 22.5 Å². The first kappa shape index (κ1) is 15.9. The highest BCUT2D eigenvalue weighted by Crippen LogP contribution is 2.24. The van der Waals surface area contributed by atoms with Gasteiger partial charge in [-0.05, 0) is 43.0 Å². The third-order valence-corrected chi connectivity index (χ3v) is 4.53. The number of halogens is 1. The highest BCUT2D eigenvalue weighted by molar-refractivity contribution is 6.33. The number of nitrogens with one attached hydrogen (secondary N) is 1. The van der Waals surface area contributed by atoms with Crippen molar-refractivity contribution in [2.24, 2.45) is 4.99 Å². The molecule has 1 aromatic heterocycles. The Morgan fingerprint density at radius 2 is 2.12 bits per heavy atom. The van der Waals surface area contributed by atoms with Crippen molar-refractivity contribution < 1.29 is 8.81 Å². The van der Waals surface area contributed by atoms with Crippen LogP contribution in [-0.2, 0) is 12.8 Å². The molecule has 1 N–H and O–H groups in total. The average Bonchev–Trinajstić information content (AvgIpc) is 3.22. The van der Waals surface area contributed by atoms with E-state index in [2.05, 4.69) is 10.3 Å². The zero-order chi connectivity index (χ0) is 17.4. The number of furan rings is 1. The molecule has 0 spiro atoms. The van der Waals surface area contributed by atoms with Crippen LogP contribution in [0.3, 0.4) is 0 Å². The van der Waals surface area contributed by atoms with Crippen molar-refractivity contribution in [2.75, 3.05) is 13.1 Å². The molecule has 2 aromatic carbocycles. The van der Waals surface area contributed by atoms with Gasteiger partial charge >= 0.3 is 0 Å². The summed E-state index contributed by atoms with van der Waals surface area (Å²) in [6, 6.07) is 10.9. The molecule has 0 saturated heterocycles. The number of nitrogens with zero attached hydrogens (tertiary/aromatic N) is 1. The molecule has 2 radical (unpaired) electrons. The molecule has 0 saturated carbocycles. The minimum atomic E-state index is -0.204. The van der Waals surface area contributed by atoms with Gasteiger partial charge in [-0.2, -0.15) is 0 Å². The first-order chi connectivity index (χ1) is 12.1. The van der Waals surface area contributed by atoms with E-state index in [4.69, 9.17) is 12.3 Å². The number of benzene rings is 2. The fourth-order valence-electron chi connectivity index (χ4n) is 3.44. The van der Waals surface area contributed by atoms with Crippen molar-refractivity contribution in [1.82, 2.24) is 5.32 Å². The SMILES string of the molecule is [B]c1cc(CCc2c(F)cccc2C2=NCCN2)c2oc(C)cc2c1. The van der Waals surface area contributed by atoms with Crippen molar-refractivity contribution in [3.8, 4) is 0 Å². The van der Waals surface area contributed by atoms with Crippen LogP contribution < -0.4 is 10.8 Å². The van der Waals surface area contributed by atoms with Gasteiger partial charge in [0, 0.05) is 17.5 Å². The van der Waals surface area contributed by atoms with E-state index < -0.39 is 0 Å². The van der Waals surface area contributed by atoms with Crippen molar-refractivity contribution in [2.45, 2.75) is 19.8 Å². The summed E-state index contributed by atoms with van der Waals surface area (Å²) in [4.78, 5) is 4.43. The largest absolute Gasteiger partial charge is 0.461 e. The minimum absolute atomic E-state index is 0.204. The van der Waals surface area contributed by atoms with E-state index in [0.29, 0.717) is 23.9 Å². The zero-order valence-electron chi connectivity index (χ0n) is 14.1. The molecule has 25 heavy (non-hydrogen) atoms. The second kappa shape index (κ2) is 6.39. The lowest BCUT2D eigenvalue weighted by Crippen LogP contribution is -2.21. The molecule has 0 amide bonds. The molecule has 0 unspecified atom stereocenters. The van der Waals surface area contributed by atoms with E-state index in [0.717, 1.165) is 46.8 Å². The topological polar surface area (TPSA) is 37.5 Å². The van der Waals surface area contributed by atoms with Crippen molar-refractivity contribution in [3.05, 3.63) is 64.7 Å². The van der Waals surface area contributed by atoms with Gasteiger partial charge in [-0.1, -0.05) is 29.7 Å². The molecule has 0 bridgehead atoms. The van der Waals surface area contributed by atoms with Gasteiger partial charge in [-0.3, -0.25) is 4.99 Å². The maximum Gasteiger partial charge on any atom is 0.137 e. The molecule has 0 atom stereocenters. The van der Waals surface area contributed by atoms with E-state index >= 15 is 0 Å². The molecule has 4 rings (SSSR count). The minimum Gasteiger partial charge on any atom is -0.461 e. The van der Waals surface area contributed by atoms with Crippen LogP contribution in [0.2, 0.25) is 0 Å². The van der Waals surface area contributed by atoms with Crippen LogP contribution >= 0.6 is 0 Å². The number of aliphatic imine (C=N–C) groups is 1. The fraction of sp³-hybridized carbons (Fsp3) is 0.250. The standard InChI is InChI=1S/C20H18BFN2O/c1-12-9-14-11-15(21)10-13(19(14)25-12)5-6-16-17(3-2-4-18(16)22)20-23-7-8-24-20/h2-4,9-11H,5-8H2,1H3,(H,23,24). The summed E-state index contributed by atoms with van der Waals surface area (Å²) in [7, 11) is 6.02. The normalized spacial score (nSPS) is 13.9. The Morgan fingerprint density at radius 1 is 1.24 bits per heavy atom. The number of hydrogen-bond acceptors (Lipinski definition) is 3. The summed E-state index contributed by atoms with van der Waals surface area (Å²) in [6.45, 7) is 3.44. The zero-order valence-corrected chi connectivity index (χ0v) is 14.1. The van der Waals surface area contributed by atoms with Crippen LogP contribution in [0, 0.1) is 12.7 Å². The van der Waals surface area contributed by atoms with E-state index in [9.17, 15) is 4.39 Å². The predicted molar refractivity (Wildman–Crippen MR) is 99.6 cm³/mol. The molecular weight excluding hydrogens is 314 g/mol. The van der Waals surface area contributed by atoms with Crippen molar-refractivity contribution >= 4 is 30.1 Å². The van der Waals surface area contributed by atoms with Crippen LogP contribution in [-0.4, -0.2) is 26.8 Å². The molecule has 3 nitrogen and oxygen atoms in total. The molecule has 1 aliphatic rings. The van der Waals surface area contributed by atoms with Crippen LogP contribution in [0.25, 0.3) is 11.0 Å². The van der Waals surface area contributed by atoms with Crippen LogP contribution in [0.5, 0.6) is 0 Å². The van der Waals surface area contributed by atoms with Gasteiger partial charge in [-0.15, -0.1) is 0 Å². The summed E-state index contributed by atoms with van der Waals surface area (Å²) in [5, 5.41) is 4.21. The van der Waals surface area contributed by atoms with E-state index in [1.54, 1.807) is 6.07 Å². The Balaban J connectivity index is 1.68. The number of aryl methyl sites for hydroxylation is 2. The van der Waals surface area contributed by atoms with Gasteiger partial charge in [0.05, 0.1) is 6.54 Å². The average molecular weight is 332 g/mol. The van der Waals surface area contributed by atoms with E-state index in [1.165, 1.54) is 6.07 Å². The summed E-state index contributed by atoms with van der Waals surface area (Å²) in [6.07, 6.45) is 1.21. The highest BCUT2D eigenvalue weighted by Gasteiger charge is 2.17. The smallest absolute Gasteiger partial charge is 0.137 e. The quantitative estimate of drug-likeness (QED) is 0.746. The lowest BCUT2D eigenvalue weighted by Gasteiger charge is -2.12.